The molecule has 0 bridgehead atoms. The van der Waals surface area contributed by atoms with E-state index in [0.29, 0.717) is 22.5 Å². The molecule has 0 saturated heterocycles. The average Bonchev–Trinajstić information content (AvgIpc) is 3.65. The van der Waals surface area contributed by atoms with E-state index in [9.17, 15) is 19.8 Å². The molecule has 0 heterocycles. The summed E-state index contributed by atoms with van der Waals surface area (Å²) in [5.74, 6) is 6.33. The summed E-state index contributed by atoms with van der Waals surface area (Å²) in [6.07, 6.45) is 25.7. The lowest BCUT2D eigenvalue weighted by Gasteiger charge is -2.59. The Hall–Kier alpha value is -1.30. The average molecular weight is 791 g/mol. The van der Waals surface area contributed by atoms with Crippen LogP contribution < -0.4 is 0 Å². The number of rotatable bonds is 8. The fourth-order valence-electron chi connectivity index (χ4n) is 15.4. The molecule has 0 amide bonds. The largest absolute Gasteiger partial charge is 0.390 e. The summed E-state index contributed by atoms with van der Waals surface area (Å²) < 4.78 is 6.24. The molecule has 2 N–H and O–H groups in total. The van der Waals surface area contributed by atoms with Gasteiger partial charge in [-0.3, -0.25) is 9.59 Å². The van der Waals surface area contributed by atoms with Crippen molar-refractivity contribution >= 4 is 11.6 Å². The predicted molar refractivity (Wildman–Crippen MR) is 234 cm³/mol. The van der Waals surface area contributed by atoms with E-state index >= 15 is 0 Å². The van der Waals surface area contributed by atoms with Crippen molar-refractivity contribution in [3.05, 3.63) is 23.3 Å². The Labute approximate surface area is 349 Å². The molecule has 0 aromatic carbocycles. The number of ketones is 2. The van der Waals surface area contributed by atoms with E-state index in [-0.39, 0.29) is 48.6 Å². The molecule has 8 aliphatic carbocycles. The van der Waals surface area contributed by atoms with Crippen molar-refractivity contribution < 1.29 is 24.5 Å². The minimum atomic E-state index is -0.517. The second kappa shape index (κ2) is 16.2. The Morgan fingerprint density at radius 3 is 1.61 bits per heavy atom. The molecule has 6 unspecified atom stereocenters. The third-order valence-electron chi connectivity index (χ3n) is 19.3. The molecule has 0 aromatic rings. The van der Waals surface area contributed by atoms with Gasteiger partial charge in [0, 0.05) is 18.3 Å². The number of carbonyl (C=O) groups excluding carboxylic acids is 2. The zero-order valence-corrected chi connectivity index (χ0v) is 37.5. The van der Waals surface area contributed by atoms with Gasteiger partial charge in [-0.1, -0.05) is 86.1 Å². The number of aliphatic hydroxyl groups is 2. The summed E-state index contributed by atoms with van der Waals surface area (Å²) in [4.78, 5) is 24.3. The van der Waals surface area contributed by atoms with E-state index in [4.69, 9.17) is 4.74 Å². The first-order valence-electron chi connectivity index (χ1n) is 23.6. The lowest BCUT2D eigenvalue weighted by atomic mass is 9.46. The predicted octanol–water partition coefficient (Wildman–Crippen LogP) is 12.3. The van der Waals surface area contributed by atoms with E-state index in [1.807, 2.05) is 41.5 Å². The minimum absolute atomic E-state index is 0. The number of carbonyl (C=O) groups is 2. The van der Waals surface area contributed by atoms with Gasteiger partial charge in [-0.05, 0) is 186 Å². The lowest BCUT2D eigenvalue weighted by molar-refractivity contribution is -0.135. The normalized spacial score (nSPS) is 47.1. The zero-order chi connectivity index (χ0) is 40.6. The van der Waals surface area contributed by atoms with Gasteiger partial charge in [0.1, 0.15) is 12.4 Å². The van der Waals surface area contributed by atoms with Gasteiger partial charge in [0.05, 0.1) is 17.3 Å². The number of Topliss-reactive ketones (excluding diaryl/α,β-unsaturated/α-hetero) is 2. The molecule has 5 heteroatoms. The standard InChI is InChI=1S/C26H42O2.C25H40O3.CH4/c1-17(2)23(27)11-8-18-7-10-21-20-9-6-19-16-24(3,28)14-15-26(19,5)22(20)12-13-25(18,21)4;1-16(2)21(26)15-28-22-9-8-19-18-7-6-17-14-23(3,27)12-13-24(17,4)20(18)10-11-25(19,22)5;/h6,17-18,20-22,28H,7-16H2,1-5H3;6,16,18-20,22,27H,7-15H2,1-5H3;1H4/t18-,20?,21?,22?,24+,25-,26+;18?,19?,20?,22-,23-,24-,25-;/m10./s1. The molecule has 0 spiro atoms. The summed E-state index contributed by atoms with van der Waals surface area (Å²) in [7, 11) is 0. The molecule has 0 aliphatic heterocycles. The zero-order valence-electron chi connectivity index (χ0n) is 37.5. The Kier molecular flexibility index (Phi) is 12.8. The molecule has 0 aromatic heterocycles. The summed E-state index contributed by atoms with van der Waals surface area (Å²) in [5.41, 5.74) is 3.34. The summed E-state index contributed by atoms with van der Waals surface area (Å²) in [6.45, 7) is 22.3. The maximum Gasteiger partial charge on any atom is 0.160 e. The Balaban J connectivity index is 0.000000189. The Bertz CT molecular complexity index is 1440. The number of hydrogen-bond acceptors (Lipinski definition) is 5. The molecule has 6 saturated carbocycles. The van der Waals surface area contributed by atoms with E-state index in [1.54, 1.807) is 5.57 Å². The van der Waals surface area contributed by atoms with Crippen LogP contribution in [0.25, 0.3) is 0 Å². The molecule has 57 heavy (non-hydrogen) atoms. The van der Waals surface area contributed by atoms with Gasteiger partial charge in [0.25, 0.3) is 0 Å². The SMILES string of the molecule is C.CC(C)C(=O)CC[C@H]1CCC2C3CC=C4C[C@@](C)(O)CC[C@]4(C)C3CC[C@@]21C.CC(C)C(=O)CO[C@H]1CCC2C3CC=C4C[C@@](C)(O)CC[C@]4(C)C3CC[C@@]21C. The van der Waals surface area contributed by atoms with Crippen molar-refractivity contribution in [2.24, 2.45) is 74.9 Å². The van der Waals surface area contributed by atoms with Crippen LogP contribution in [0.1, 0.15) is 192 Å². The molecular weight excluding hydrogens is 705 g/mol. The smallest absolute Gasteiger partial charge is 0.160 e. The van der Waals surface area contributed by atoms with Crippen LogP contribution in [0.15, 0.2) is 23.3 Å². The highest BCUT2D eigenvalue weighted by Crippen LogP contribution is 2.68. The highest BCUT2D eigenvalue weighted by atomic mass is 16.5. The van der Waals surface area contributed by atoms with Crippen LogP contribution in [-0.4, -0.2) is 45.7 Å². The second-order valence-electron chi connectivity index (χ2n) is 23.4. The highest BCUT2D eigenvalue weighted by molar-refractivity contribution is 5.81. The van der Waals surface area contributed by atoms with E-state index in [1.165, 1.54) is 63.4 Å². The van der Waals surface area contributed by atoms with Crippen molar-refractivity contribution in [1.82, 2.24) is 0 Å². The van der Waals surface area contributed by atoms with Crippen molar-refractivity contribution in [2.75, 3.05) is 6.61 Å². The molecule has 8 rings (SSSR count). The maximum atomic E-state index is 12.2. The third-order valence-corrected chi connectivity index (χ3v) is 19.3. The first-order valence-corrected chi connectivity index (χ1v) is 23.6. The monoisotopic (exact) mass is 791 g/mol. The summed E-state index contributed by atoms with van der Waals surface area (Å²) in [6, 6.07) is 0. The summed E-state index contributed by atoms with van der Waals surface area (Å²) in [5, 5.41) is 21.2. The quantitative estimate of drug-likeness (QED) is 0.239. The van der Waals surface area contributed by atoms with Crippen LogP contribution in [-0.2, 0) is 14.3 Å². The van der Waals surface area contributed by atoms with Gasteiger partial charge < -0.3 is 14.9 Å². The fourth-order valence-corrected chi connectivity index (χ4v) is 15.4. The summed E-state index contributed by atoms with van der Waals surface area (Å²) >= 11 is 0. The van der Waals surface area contributed by atoms with Crippen LogP contribution in [0.2, 0.25) is 0 Å². The second-order valence-corrected chi connectivity index (χ2v) is 23.4. The number of fused-ring (bicyclic) bond motifs is 10. The lowest BCUT2D eigenvalue weighted by Crippen LogP contribution is -2.52. The molecule has 8 aliphatic rings. The molecule has 6 fully saturated rings. The van der Waals surface area contributed by atoms with E-state index in [0.717, 1.165) is 93.3 Å². The minimum Gasteiger partial charge on any atom is -0.390 e. The van der Waals surface area contributed by atoms with Crippen LogP contribution in [0.5, 0.6) is 0 Å². The van der Waals surface area contributed by atoms with Crippen molar-refractivity contribution in [2.45, 2.75) is 210 Å². The Morgan fingerprint density at radius 2 is 1.11 bits per heavy atom. The topological polar surface area (TPSA) is 83.8 Å². The third kappa shape index (κ3) is 8.13. The number of ether oxygens (including phenoxy) is 1. The van der Waals surface area contributed by atoms with Gasteiger partial charge in [0.2, 0.25) is 0 Å². The Morgan fingerprint density at radius 1 is 0.632 bits per heavy atom. The van der Waals surface area contributed by atoms with E-state index in [2.05, 4.69) is 39.8 Å². The molecule has 324 valence electrons. The number of hydrogen-bond donors (Lipinski definition) is 2. The molecule has 14 atom stereocenters. The van der Waals surface area contributed by atoms with E-state index < -0.39 is 11.2 Å². The van der Waals surface area contributed by atoms with Crippen LogP contribution >= 0.6 is 0 Å². The van der Waals surface area contributed by atoms with Crippen molar-refractivity contribution in [3.8, 4) is 0 Å². The van der Waals surface area contributed by atoms with Gasteiger partial charge in [-0.2, -0.15) is 0 Å². The van der Waals surface area contributed by atoms with Crippen LogP contribution in [0.3, 0.4) is 0 Å². The fraction of sp³-hybridized carbons (Fsp3) is 0.885. The van der Waals surface area contributed by atoms with Gasteiger partial charge in [-0.25, -0.2) is 0 Å². The highest BCUT2D eigenvalue weighted by Gasteiger charge is 2.61. The van der Waals surface area contributed by atoms with Gasteiger partial charge in [0.15, 0.2) is 5.78 Å². The van der Waals surface area contributed by atoms with Crippen LogP contribution in [0, 0.1) is 74.9 Å². The first kappa shape index (κ1) is 45.2. The van der Waals surface area contributed by atoms with Crippen molar-refractivity contribution in [3.63, 3.8) is 0 Å². The molecular formula is C52H86O5. The maximum absolute atomic E-state index is 12.2. The number of allylic oxidation sites excluding steroid dienone is 2. The van der Waals surface area contributed by atoms with Gasteiger partial charge in [-0.15, -0.1) is 0 Å². The molecule has 0 radical (unpaired) electrons. The van der Waals surface area contributed by atoms with Crippen molar-refractivity contribution in [1.29, 1.82) is 0 Å². The molecule has 5 nitrogen and oxygen atoms in total. The first-order chi connectivity index (χ1) is 26.1. The van der Waals surface area contributed by atoms with Gasteiger partial charge >= 0.3 is 0 Å². The van der Waals surface area contributed by atoms with Crippen LogP contribution in [0.4, 0.5) is 0 Å².